The summed E-state index contributed by atoms with van der Waals surface area (Å²) in [6.45, 7) is 1.80. The van der Waals surface area contributed by atoms with Gasteiger partial charge in [0.2, 0.25) is 0 Å². The monoisotopic (exact) mass is 167 g/mol. The van der Waals surface area contributed by atoms with E-state index in [-0.39, 0.29) is 5.78 Å². The number of Topliss-reactive ketones (excluding diaryl/α,β-unsaturated/α-hetero) is 1. The van der Waals surface area contributed by atoms with Gasteiger partial charge in [0.15, 0.2) is 0 Å². The van der Waals surface area contributed by atoms with Gasteiger partial charge in [-0.3, -0.25) is 4.79 Å². The predicted octanol–water partition coefficient (Wildman–Crippen LogP) is 0.935. The van der Waals surface area contributed by atoms with Crippen molar-refractivity contribution in [1.29, 1.82) is 0 Å². The summed E-state index contributed by atoms with van der Waals surface area (Å²) < 4.78 is 0. The van der Waals surface area contributed by atoms with Crippen LogP contribution in [0.25, 0.3) is 5.53 Å². The first kappa shape index (κ1) is 7.78. The Labute approximate surface area is 67.1 Å². The maximum Gasteiger partial charge on any atom is 0.329 e. The molecule has 0 fully saturated rings. The number of hydrogen-bond donors (Lipinski definition) is 0. The van der Waals surface area contributed by atoms with Gasteiger partial charge in [-0.15, -0.1) is 11.3 Å². The minimum absolute atomic E-state index is 0.324. The molecule has 0 spiro atoms. The summed E-state index contributed by atoms with van der Waals surface area (Å²) in [5.41, 5.74) is 8.35. The Balaban J connectivity index is 2.93. The Bertz CT molecular complexity index is 324. The van der Waals surface area contributed by atoms with E-state index in [1.165, 1.54) is 11.3 Å². The molecule has 0 bridgehead atoms. The molecule has 0 unspecified atom stereocenters. The number of rotatable bonds is 2. The van der Waals surface area contributed by atoms with E-state index in [2.05, 4.69) is 9.77 Å². The fourth-order valence-electron chi connectivity index (χ4n) is 0.595. The van der Waals surface area contributed by atoms with Crippen LogP contribution in [0.3, 0.4) is 0 Å². The molecular weight excluding hydrogens is 162 g/mol. The number of thiazole rings is 1. The van der Waals surface area contributed by atoms with Crippen LogP contribution in [0.1, 0.15) is 15.5 Å². The second-order valence-corrected chi connectivity index (χ2v) is 2.92. The Kier molecular flexibility index (Phi) is 2.25. The van der Waals surface area contributed by atoms with Crippen molar-refractivity contribution in [3.05, 3.63) is 21.6 Å². The van der Waals surface area contributed by atoms with Crippen molar-refractivity contribution >= 4 is 23.3 Å². The first-order valence-corrected chi connectivity index (χ1v) is 3.76. The van der Waals surface area contributed by atoms with Gasteiger partial charge in [0.05, 0.1) is 5.01 Å². The number of hydrogen-bond acceptors (Lipinski definition) is 3. The van der Waals surface area contributed by atoms with E-state index < -0.39 is 0 Å². The third-order valence-electron chi connectivity index (χ3n) is 1.05. The molecular formula is C6H5N3OS. The fraction of sp³-hybridized carbons (Fsp3) is 0.167. The molecule has 11 heavy (non-hydrogen) atoms. The van der Waals surface area contributed by atoms with Crippen LogP contribution in [0.4, 0.5) is 0 Å². The molecule has 0 atom stereocenters. The van der Waals surface area contributed by atoms with Gasteiger partial charge >= 0.3 is 6.21 Å². The first-order chi connectivity index (χ1) is 5.24. The fourth-order valence-corrected chi connectivity index (χ4v) is 1.20. The maximum atomic E-state index is 10.9. The van der Waals surface area contributed by atoms with Crippen LogP contribution in [0.5, 0.6) is 0 Å². The van der Waals surface area contributed by atoms with Crippen molar-refractivity contribution in [1.82, 2.24) is 4.98 Å². The quantitative estimate of drug-likeness (QED) is 0.284. The summed E-state index contributed by atoms with van der Waals surface area (Å²) in [6.07, 6.45) is 0.828. The molecule has 0 aromatic carbocycles. The number of nitrogens with zero attached hydrogens (tertiary/aromatic N) is 3. The molecule has 5 heteroatoms. The summed E-state index contributed by atoms with van der Waals surface area (Å²) in [4.78, 5) is 17.4. The van der Waals surface area contributed by atoms with E-state index in [1.54, 1.807) is 12.3 Å². The zero-order valence-corrected chi connectivity index (χ0v) is 6.63. The Morgan fingerprint density at radius 1 is 1.91 bits per heavy atom. The number of carbonyl (C=O) groups excluding carboxylic acids is 1. The lowest BCUT2D eigenvalue weighted by molar-refractivity contribution is 0.00230. The third kappa shape index (κ3) is 1.80. The van der Waals surface area contributed by atoms with Gasteiger partial charge in [-0.25, -0.2) is 4.98 Å². The maximum absolute atomic E-state index is 10.9. The summed E-state index contributed by atoms with van der Waals surface area (Å²) >= 11 is 1.38. The molecule has 0 saturated carbocycles. The topological polar surface area (TPSA) is 66.4 Å². The molecule has 0 N–H and O–H groups in total. The summed E-state index contributed by atoms with van der Waals surface area (Å²) in [5, 5.41) is 2.44. The second-order valence-electron chi connectivity index (χ2n) is 1.86. The molecule has 1 heterocycles. The molecule has 0 aliphatic carbocycles. The van der Waals surface area contributed by atoms with E-state index in [0.29, 0.717) is 5.69 Å². The average Bonchev–Trinajstić information content (AvgIpc) is 2.36. The Morgan fingerprint density at radius 3 is 3.09 bits per heavy atom. The number of aryl methyl sites for hydroxylation is 1. The first-order valence-electron chi connectivity index (χ1n) is 2.88. The molecule has 0 aliphatic rings. The minimum atomic E-state index is -0.378. The summed E-state index contributed by atoms with van der Waals surface area (Å²) in [5.74, 6) is -0.378. The van der Waals surface area contributed by atoms with Gasteiger partial charge in [-0.05, 0) is 6.92 Å². The average molecular weight is 167 g/mol. The zero-order chi connectivity index (χ0) is 8.27. The van der Waals surface area contributed by atoms with Crippen molar-refractivity contribution in [2.75, 3.05) is 0 Å². The van der Waals surface area contributed by atoms with Crippen LogP contribution >= 0.6 is 11.3 Å². The van der Waals surface area contributed by atoms with Crippen molar-refractivity contribution < 1.29 is 9.58 Å². The van der Waals surface area contributed by atoms with Gasteiger partial charge in [-0.2, -0.15) is 4.79 Å². The zero-order valence-electron chi connectivity index (χ0n) is 5.81. The van der Waals surface area contributed by atoms with Crippen LogP contribution in [0, 0.1) is 6.92 Å². The minimum Gasteiger partial charge on any atom is -0.361 e. The Hall–Kier alpha value is -1.32. The third-order valence-corrected chi connectivity index (χ3v) is 1.82. The van der Waals surface area contributed by atoms with Crippen molar-refractivity contribution in [2.24, 2.45) is 0 Å². The number of aromatic nitrogens is 1. The SMILES string of the molecule is Cc1nc(C(=O)C=[N+]=[N-])cs1. The predicted molar refractivity (Wildman–Crippen MR) is 40.9 cm³/mol. The van der Waals surface area contributed by atoms with Gasteiger partial charge in [-0.1, -0.05) is 0 Å². The Morgan fingerprint density at radius 2 is 2.64 bits per heavy atom. The number of carbonyl (C=O) groups is 1. The van der Waals surface area contributed by atoms with Gasteiger partial charge < -0.3 is 5.53 Å². The lowest BCUT2D eigenvalue weighted by atomic mass is 10.3. The van der Waals surface area contributed by atoms with E-state index in [9.17, 15) is 4.79 Å². The highest BCUT2D eigenvalue weighted by molar-refractivity contribution is 7.09. The molecule has 0 amide bonds. The molecule has 0 saturated heterocycles. The van der Waals surface area contributed by atoms with Crippen LogP contribution in [0.15, 0.2) is 5.38 Å². The standard InChI is InChI=1S/C6H5N3OS/c1-4-9-5(3-11-4)6(10)2-8-7/h2-3H,1H3. The molecule has 1 rings (SSSR count). The van der Waals surface area contributed by atoms with E-state index >= 15 is 0 Å². The van der Waals surface area contributed by atoms with Gasteiger partial charge in [0, 0.05) is 5.38 Å². The molecule has 0 radical (unpaired) electrons. The van der Waals surface area contributed by atoms with Crippen LogP contribution < -0.4 is 0 Å². The second kappa shape index (κ2) is 3.18. The largest absolute Gasteiger partial charge is 0.361 e. The highest BCUT2D eigenvalue weighted by Gasteiger charge is 2.09. The molecule has 1 aromatic heterocycles. The molecule has 4 nitrogen and oxygen atoms in total. The molecule has 1 aromatic rings. The molecule has 0 aliphatic heterocycles. The van der Waals surface area contributed by atoms with Crippen LogP contribution in [-0.2, 0) is 0 Å². The normalized spacial score (nSPS) is 8.82. The van der Waals surface area contributed by atoms with Gasteiger partial charge in [0.1, 0.15) is 5.69 Å². The smallest absolute Gasteiger partial charge is 0.329 e. The van der Waals surface area contributed by atoms with E-state index in [1.807, 2.05) is 0 Å². The van der Waals surface area contributed by atoms with Crippen molar-refractivity contribution in [2.45, 2.75) is 6.92 Å². The highest BCUT2D eigenvalue weighted by Crippen LogP contribution is 2.07. The van der Waals surface area contributed by atoms with Crippen LogP contribution in [-0.4, -0.2) is 21.8 Å². The van der Waals surface area contributed by atoms with Crippen LogP contribution in [0.2, 0.25) is 0 Å². The lowest BCUT2D eigenvalue weighted by Crippen LogP contribution is -2.00. The van der Waals surface area contributed by atoms with E-state index in [0.717, 1.165) is 11.2 Å². The molecule has 56 valence electrons. The lowest BCUT2D eigenvalue weighted by Gasteiger charge is -1.77. The highest BCUT2D eigenvalue weighted by atomic mass is 32.1. The summed E-state index contributed by atoms with van der Waals surface area (Å²) in [6, 6.07) is 0. The summed E-state index contributed by atoms with van der Waals surface area (Å²) in [7, 11) is 0. The van der Waals surface area contributed by atoms with Crippen molar-refractivity contribution in [3.8, 4) is 0 Å². The van der Waals surface area contributed by atoms with Crippen molar-refractivity contribution in [3.63, 3.8) is 0 Å². The number of ketones is 1. The van der Waals surface area contributed by atoms with E-state index in [4.69, 9.17) is 5.53 Å². The van der Waals surface area contributed by atoms with Gasteiger partial charge in [0.25, 0.3) is 5.78 Å².